The van der Waals surface area contributed by atoms with Crippen LogP contribution in [0.2, 0.25) is 0 Å². The molecule has 0 aromatic rings. The van der Waals surface area contributed by atoms with Gasteiger partial charge in [-0.1, -0.05) is 20.8 Å². The molecule has 1 heteroatoms. The van der Waals surface area contributed by atoms with E-state index in [1.807, 2.05) is 0 Å². The summed E-state index contributed by atoms with van der Waals surface area (Å²) in [5.41, 5.74) is 0.581. The minimum Gasteiger partial charge on any atom is -0.381 e. The summed E-state index contributed by atoms with van der Waals surface area (Å²) >= 11 is 0. The molecule has 0 aromatic heterocycles. The second-order valence-corrected chi connectivity index (χ2v) is 9.31. The first-order valence-electron chi connectivity index (χ1n) is 9.11. The van der Waals surface area contributed by atoms with Crippen molar-refractivity contribution in [2.75, 3.05) is 13.2 Å². The molecule has 0 radical (unpaired) electrons. The molecule has 4 atom stereocenters. The Balaban J connectivity index is 1.43. The van der Waals surface area contributed by atoms with Gasteiger partial charge in [-0.15, -0.1) is 0 Å². The first-order chi connectivity index (χ1) is 9.54. The van der Waals surface area contributed by atoms with Crippen LogP contribution in [0.4, 0.5) is 0 Å². The molecule has 114 valence electrons. The maximum Gasteiger partial charge on any atom is 0.0498 e. The Morgan fingerprint density at radius 1 is 0.700 bits per heavy atom. The molecule has 3 saturated carbocycles. The summed E-state index contributed by atoms with van der Waals surface area (Å²) in [6.45, 7) is 9.80. The molecule has 4 rings (SSSR count). The molecule has 4 fully saturated rings. The van der Waals surface area contributed by atoms with Crippen LogP contribution in [-0.2, 0) is 4.74 Å². The summed E-state index contributed by atoms with van der Waals surface area (Å²) in [6, 6.07) is 0. The third-order valence-electron chi connectivity index (χ3n) is 7.86. The van der Waals surface area contributed by atoms with Crippen LogP contribution >= 0.6 is 0 Å². The van der Waals surface area contributed by atoms with Gasteiger partial charge in [0.2, 0.25) is 0 Å². The molecule has 0 spiro atoms. The lowest BCUT2D eigenvalue weighted by Gasteiger charge is -2.39. The molecule has 0 aromatic carbocycles. The van der Waals surface area contributed by atoms with Crippen molar-refractivity contribution in [1.82, 2.24) is 0 Å². The summed E-state index contributed by atoms with van der Waals surface area (Å²) in [4.78, 5) is 0. The van der Waals surface area contributed by atoms with Gasteiger partial charge in [-0.3, -0.25) is 0 Å². The van der Waals surface area contributed by atoms with Crippen LogP contribution in [0.5, 0.6) is 0 Å². The average Bonchev–Trinajstić information content (AvgIpc) is 3.03. The number of ether oxygens (including phenoxy) is 1. The highest BCUT2D eigenvalue weighted by Gasteiger charge is 2.51. The van der Waals surface area contributed by atoms with E-state index >= 15 is 0 Å². The van der Waals surface area contributed by atoms with Gasteiger partial charge in [-0.05, 0) is 85.4 Å². The van der Waals surface area contributed by atoms with E-state index in [0.29, 0.717) is 5.41 Å². The van der Waals surface area contributed by atoms with Crippen LogP contribution < -0.4 is 0 Å². The molecule has 3 aliphatic carbocycles. The molecule has 1 nitrogen and oxygen atoms in total. The second-order valence-electron chi connectivity index (χ2n) is 9.31. The van der Waals surface area contributed by atoms with E-state index < -0.39 is 0 Å². The van der Waals surface area contributed by atoms with E-state index in [9.17, 15) is 0 Å². The zero-order chi connectivity index (χ0) is 13.9. The van der Waals surface area contributed by atoms with Crippen molar-refractivity contribution in [1.29, 1.82) is 0 Å². The molecule has 4 aliphatic rings. The van der Waals surface area contributed by atoms with E-state index in [-0.39, 0.29) is 0 Å². The third-order valence-corrected chi connectivity index (χ3v) is 7.86. The summed E-state index contributed by atoms with van der Waals surface area (Å²) < 4.78 is 5.67. The van der Waals surface area contributed by atoms with Crippen LogP contribution in [0.3, 0.4) is 0 Å². The Kier molecular flexibility index (Phi) is 3.22. The van der Waals surface area contributed by atoms with Crippen LogP contribution in [-0.4, -0.2) is 13.2 Å². The minimum atomic E-state index is 0.581. The highest BCUT2D eigenvalue weighted by atomic mass is 16.5. The highest BCUT2D eigenvalue weighted by Crippen LogP contribution is 2.59. The maximum absolute atomic E-state index is 5.67. The standard InChI is InChI=1S/C19H32O/c1-12-4-13-6-17(7-14(13)5-12)19(2,3)18-8-15-10-20-11-16(15)9-18/h12-18H,4-11H2,1-3H3. The van der Waals surface area contributed by atoms with E-state index in [2.05, 4.69) is 20.8 Å². The maximum atomic E-state index is 5.67. The topological polar surface area (TPSA) is 9.23 Å². The Labute approximate surface area is 124 Å². The van der Waals surface area contributed by atoms with Gasteiger partial charge < -0.3 is 4.74 Å². The molecule has 4 unspecified atom stereocenters. The van der Waals surface area contributed by atoms with Crippen molar-refractivity contribution in [2.45, 2.75) is 59.3 Å². The van der Waals surface area contributed by atoms with Crippen molar-refractivity contribution < 1.29 is 4.74 Å². The normalized spacial score (nSPS) is 51.5. The molecular formula is C19H32O. The second kappa shape index (κ2) is 4.73. The first-order valence-corrected chi connectivity index (χ1v) is 9.11. The Morgan fingerprint density at radius 2 is 1.15 bits per heavy atom. The van der Waals surface area contributed by atoms with E-state index in [1.165, 1.54) is 25.7 Å². The fourth-order valence-electron chi connectivity index (χ4n) is 6.46. The molecule has 0 amide bonds. The van der Waals surface area contributed by atoms with Crippen LogP contribution in [0.1, 0.15) is 59.3 Å². The lowest BCUT2D eigenvalue weighted by molar-refractivity contribution is 0.0886. The minimum absolute atomic E-state index is 0.581. The van der Waals surface area contributed by atoms with Gasteiger partial charge in [0, 0.05) is 13.2 Å². The highest BCUT2D eigenvalue weighted by molar-refractivity contribution is 5.00. The number of rotatable bonds is 2. The van der Waals surface area contributed by atoms with E-state index in [4.69, 9.17) is 4.74 Å². The van der Waals surface area contributed by atoms with Gasteiger partial charge in [-0.2, -0.15) is 0 Å². The molecule has 0 N–H and O–H groups in total. The average molecular weight is 276 g/mol. The smallest absolute Gasteiger partial charge is 0.0498 e. The summed E-state index contributed by atoms with van der Waals surface area (Å²) in [7, 11) is 0. The van der Waals surface area contributed by atoms with Crippen molar-refractivity contribution in [3.05, 3.63) is 0 Å². The number of fused-ring (bicyclic) bond motifs is 2. The van der Waals surface area contributed by atoms with Gasteiger partial charge in [0.1, 0.15) is 0 Å². The summed E-state index contributed by atoms with van der Waals surface area (Å²) in [6.07, 6.45) is 9.07. The van der Waals surface area contributed by atoms with E-state index in [1.54, 1.807) is 12.8 Å². The van der Waals surface area contributed by atoms with Gasteiger partial charge in [0.05, 0.1) is 0 Å². The largest absolute Gasteiger partial charge is 0.381 e. The molecule has 1 saturated heterocycles. The molecule has 1 heterocycles. The SMILES string of the molecule is CC1CC2CC(C(C)(C)C3CC4COCC4C3)CC2C1. The van der Waals surface area contributed by atoms with Gasteiger partial charge in [0.25, 0.3) is 0 Å². The van der Waals surface area contributed by atoms with Crippen LogP contribution in [0.25, 0.3) is 0 Å². The molecule has 0 bridgehead atoms. The lowest BCUT2D eigenvalue weighted by Crippen LogP contribution is -2.31. The Hall–Kier alpha value is -0.0400. The summed E-state index contributed by atoms with van der Waals surface area (Å²) in [5.74, 6) is 6.96. The fraction of sp³-hybridized carbons (Fsp3) is 1.00. The number of hydrogen-bond donors (Lipinski definition) is 0. The number of hydrogen-bond acceptors (Lipinski definition) is 1. The van der Waals surface area contributed by atoms with Gasteiger partial charge in [-0.25, -0.2) is 0 Å². The quantitative estimate of drug-likeness (QED) is 0.706. The van der Waals surface area contributed by atoms with E-state index in [0.717, 1.165) is 54.6 Å². The first kappa shape index (κ1) is 13.6. The predicted octanol–water partition coefficient (Wildman–Crippen LogP) is 4.76. The molecule has 1 aliphatic heterocycles. The zero-order valence-electron chi connectivity index (χ0n) is 13.6. The van der Waals surface area contributed by atoms with Crippen molar-refractivity contribution in [2.24, 2.45) is 46.8 Å². The Bertz CT molecular complexity index is 348. The lowest BCUT2D eigenvalue weighted by atomic mass is 9.66. The van der Waals surface area contributed by atoms with Crippen molar-refractivity contribution in [3.8, 4) is 0 Å². The van der Waals surface area contributed by atoms with Crippen molar-refractivity contribution in [3.63, 3.8) is 0 Å². The predicted molar refractivity (Wildman–Crippen MR) is 82.4 cm³/mol. The third kappa shape index (κ3) is 2.07. The zero-order valence-corrected chi connectivity index (χ0v) is 13.6. The fourth-order valence-corrected chi connectivity index (χ4v) is 6.46. The van der Waals surface area contributed by atoms with Gasteiger partial charge >= 0.3 is 0 Å². The van der Waals surface area contributed by atoms with Crippen LogP contribution in [0, 0.1) is 46.8 Å². The van der Waals surface area contributed by atoms with Crippen molar-refractivity contribution >= 4 is 0 Å². The summed E-state index contributed by atoms with van der Waals surface area (Å²) in [5, 5.41) is 0. The molecule has 20 heavy (non-hydrogen) atoms. The monoisotopic (exact) mass is 276 g/mol. The molecular weight excluding hydrogens is 244 g/mol. The Morgan fingerprint density at radius 3 is 1.65 bits per heavy atom. The van der Waals surface area contributed by atoms with Gasteiger partial charge in [0.15, 0.2) is 0 Å². The van der Waals surface area contributed by atoms with Crippen LogP contribution in [0.15, 0.2) is 0 Å².